The number of rotatable bonds is 7. The summed E-state index contributed by atoms with van der Waals surface area (Å²) < 4.78 is 21.6. The summed E-state index contributed by atoms with van der Waals surface area (Å²) >= 11 is 1.45. The van der Waals surface area contributed by atoms with E-state index < -0.39 is 0 Å². The van der Waals surface area contributed by atoms with Gasteiger partial charge in [-0.15, -0.1) is 10.2 Å². The van der Waals surface area contributed by atoms with Gasteiger partial charge in [0.2, 0.25) is 0 Å². The van der Waals surface area contributed by atoms with Crippen LogP contribution in [0.25, 0.3) is 5.69 Å². The minimum absolute atomic E-state index is 0.215. The lowest BCUT2D eigenvalue weighted by molar-refractivity contribution is 0.411. The van der Waals surface area contributed by atoms with Gasteiger partial charge in [-0.3, -0.25) is 4.57 Å². The maximum atomic E-state index is 14.1. The van der Waals surface area contributed by atoms with E-state index >= 15 is 0 Å². The number of hydrogen-bond donors (Lipinski definition) is 0. The van der Waals surface area contributed by atoms with Gasteiger partial charge in [0, 0.05) is 12.2 Å². The molecule has 0 atom stereocenters. The third-order valence-corrected chi connectivity index (χ3v) is 5.52. The Bertz CT molecular complexity index is 1100. The molecule has 0 spiro atoms. The van der Waals surface area contributed by atoms with Crippen LogP contribution >= 0.6 is 11.8 Å². The van der Waals surface area contributed by atoms with Gasteiger partial charge in [0.1, 0.15) is 17.4 Å². The van der Waals surface area contributed by atoms with Crippen LogP contribution < -0.4 is 4.74 Å². The van der Waals surface area contributed by atoms with Crippen LogP contribution in [0.3, 0.4) is 0 Å². The summed E-state index contributed by atoms with van der Waals surface area (Å²) in [7, 11) is 1.65. The SMILES string of the molecule is COc1ccccc1-n1c(Cc2ccccc2)nnc1SCc1ccccc1F. The molecule has 0 amide bonds. The average Bonchev–Trinajstić information content (AvgIpc) is 3.16. The molecular weight excluding hydrogens is 385 g/mol. The Hall–Kier alpha value is -3.12. The number of benzene rings is 3. The second-order valence-electron chi connectivity index (χ2n) is 6.45. The van der Waals surface area contributed by atoms with E-state index in [-0.39, 0.29) is 5.82 Å². The number of hydrogen-bond acceptors (Lipinski definition) is 4. The first-order valence-electron chi connectivity index (χ1n) is 9.24. The molecule has 0 radical (unpaired) electrons. The van der Waals surface area contributed by atoms with Gasteiger partial charge in [-0.1, -0.05) is 72.4 Å². The van der Waals surface area contributed by atoms with Gasteiger partial charge in [-0.05, 0) is 29.3 Å². The minimum atomic E-state index is -0.215. The van der Waals surface area contributed by atoms with Crippen LogP contribution in [0.2, 0.25) is 0 Å². The van der Waals surface area contributed by atoms with Crippen molar-refractivity contribution in [3.8, 4) is 11.4 Å². The van der Waals surface area contributed by atoms with E-state index in [0.717, 1.165) is 22.8 Å². The Morgan fingerprint density at radius 3 is 2.41 bits per heavy atom. The fraction of sp³-hybridized carbons (Fsp3) is 0.130. The molecule has 1 heterocycles. The Kier molecular flexibility index (Phi) is 5.91. The third-order valence-electron chi connectivity index (χ3n) is 4.55. The van der Waals surface area contributed by atoms with E-state index in [1.54, 1.807) is 19.2 Å². The zero-order valence-corrected chi connectivity index (χ0v) is 16.8. The van der Waals surface area contributed by atoms with Crippen LogP contribution in [0.5, 0.6) is 5.75 Å². The van der Waals surface area contributed by atoms with E-state index in [9.17, 15) is 4.39 Å². The molecule has 0 aliphatic rings. The lowest BCUT2D eigenvalue weighted by Gasteiger charge is -2.14. The van der Waals surface area contributed by atoms with Crippen molar-refractivity contribution >= 4 is 11.8 Å². The highest BCUT2D eigenvalue weighted by Gasteiger charge is 2.18. The number of methoxy groups -OCH3 is 1. The maximum absolute atomic E-state index is 14.1. The Morgan fingerprint density at radius 2 is 1.62 bits per heavy atom. The summed E-state index contributed by atoms with van der Waals surface area (Å²) in [6.07, 6.45) is 0.631. The number of nitrogens with zero attached hydrogens (tertiary/aromatic N) is 3. The van der Waals surface area contributed by atoms with E-state index in [1.807, 2.05) is 53.1 Å². The maximum Gasteiger partial charge on any atom is 0.196 e. The molecule has 0 bridgehead atoms. The molecule has 4 rings (SSSR count). The van der Waals surface area contributed by atoms with Crippen LogP contribution in [0.1, 0.15) is 17.0 Å². The van der Waals surface area contributed by atoms with Gasteiger partial charge in [-0.25, -0.2) is 4.39 Å². The monoisotopic (exact) mass is 405 g/mol. The number of aromatic nitrogens is 3. The molecule has 0 saturated carbocycles. The Balaban J connectivity index is 1.72. The average molecular weight is 405 g/mol. The van der Waals surface area contributed by atoms with Crippen molar-refractivity contribution in [2.45, 2.75) is 17.3 Å². The number of para-hydroxylation sites is 2. The highest BCUT2D eigenvalue weighted by molar-refractivity contribution is 7.98. The van der Waals surface area contributed by atoms with Crippen molar-refractivity contribution in [2.75, 3.05) is 7.11 Å². The summed E-state index contributed by atoms with van der Waals surface area (Å²) in [6.45, 7) is 0. The second kappa shape index (κ2) is 8.92. The van der Waals surface area contributed by atoms with Gasteiger partial charge in [-0.2, -0.15) is 0 Å². The van der Waals surface area contributed by atoms with Crippen LogP contribution in [0.4, 0.5) is 4.39 Å². The summed E-state index contributed by atoms with van der Waals surface area (Å²) in [5.41, 5.74) is 2.64. The molecule has 0 N–H and O–H groups in total. The summed E-state index contributed by atoms with van der Waals surface area (Å²) in [4.78, 5) is 0. The molecule has 0 aliphatic carbocycles. The second-order valence-corrected chi connectivity index (χ2v) is 7.39. The molecule has 146 valence electrons. The van der Waals surface area contributed by atoms with Gasteiger partial charge in [0.15, 0.2) is 5.16 Å². The van der Waals surface area contributed by atoms with Crippen LogP contribution in [-0.2, 0) is 12.2 Å². The fourth-order valence-corrected chi connectivity index (χ4v) is 4.05. The third kappa shape index (κ3) is 4.32. The van der Waals surface area contributed by atoms with Gasteiger partial charge in [0.05, 0.1) is 12.8 Å². The quantitative estimate of drug-likeness (QED) is 0.391. The Labute approximate surface area is 173 Å². The van der Waals surface area contributed by atoms with Crippen molar-refractivity contribution in [3.63, 3.8) is 0 Å². The van der Waals surface area contributed by atoms with E-state index in [1.165, 1.54) is 17.8 Å². The zero-order chi connectivity index (χ0) is 20.1. The van der Waals surface area contributed by atoms with Crippen LogP contribution in [0, 0.1) is 5.82 Å². The predicted molar refractivity (Wildman–Crippen MR) is 113 cm³/mol. The van der Waals surface area contributed by atoms with Crippen molar-refractivity contribution in [3.05, 3.63) is 102 Å². The normalized spacial score (nSPS) is 10.8. The number of ether oxygens (including phenoxy) is 1. The molecule has 0 fully saturated rings. The van der Waals surface area contributed by atoms with Crippen molar-refractivity contribution in [1.29, 1.82) is 0 Å². The highest BCUT2D eigenvalue weighted by atomic mass is 32.2. The molecular formula is C23H20FN3OS. The van der Waals surface area contributed by atoms with E-state index in [0.29, 0.717) is 22.9 Å². The van der Waals surface area contributed by atoms with Crippen molar-refractivity contribution in [1.82, 2.24) is 14.8 Å². The smallest absolute Gasteiger partial charge is 0.196 e. The first-order chi connectivity index (χ1) is 14.3. The van der Waals surface area contributed by atoms with E-state index in [4.69, 9.17) is 4.74 Å². The lowest BCUT2D eigenvalue weighted by Crippen LogP contribution is -2.05. The molecule has 29 heavy (non-hydrogen) atoms. The Morgan fingerprint density at radius 1 is 0.897 bits per heavy atom. The first kappa shape index (κ1) is 19.2. The van der Waals surface area contributed by atoms with Crippen molar-refractivity contribution in [2.24, 2.45) is 0 Å². The molecule has 0 unspecified atom stereocenters. The largest absolute Gasteiger partial charge is 0.495 e. The number of halogens is 1. The summed E-state index contributed by atoms with van der Waals surface area (Å²) in [5, 5.41) is 9.55. The fourth-order valence-electron chi connectivity index (χ4n) is 3.10. The molecule has 0 saturated heterocycles. The molecule has 6 heteroatoms. The lowest BCUT2D eigenvalue weighted by atomic mass is 10.1. The number of thioether (sulfide) groups is 1. The predicted octanol–water partition coefficient (Wildman–Crippen LogP) is 5.30. The van der Waals surface area contributed by atoms with E-state index in [2.05, 4.69) is 22.3 Å². The highest BCUT2D eigenvalue weighted by Crippen LogP contribution is 2.31. The summed E-state index contributed by atoms with van der Waals surface area (Å²) in [6, 6.07) is 24.7. The molecule has 3 aromatic carbocycles. The minimum Gasteiger partial charge on any atom is -0.495 e. The van der Waals surface area contributed by atoms with Crippen LogP contribution in [-0.4, -0.2) is 21.9 Å². The van der Waals surface area contributed by atoms with Gasteiger partial charge in [0.25, 0.3) is 0 Å². The van der Waals surface area contributed by atoms with Crippen molar-refractivity contribution < 1.29 is 9.13 Å². The molecule has 4 aromatic rings. The van der Waals surface area contributed by atoms with Crippen LogP contribution in [0.15, 0.2) is 84.0 Å². The molecule has 0 aliphatic heterocycles. The standard InChI is InChI=1S/C23H20FN3OS/c1-28-21-14-8-7-13-20(21)27-22(15-17-9-3-2-4-10-17)25-26-23(27)29-16-18-11-5-6-12-19(18)24/h2-14H,15-16H2,1H3. The molecule has 1 aromatic heterocycles. The molecule has 4 nitrogen and oxygen atoms in total. The van der Waals surface area contributed by atoms with Gasteiger partial charge >= 0.3 is 0 Å². The first-order valence-corrected chi connectivity index (χ1v) is 10.2. The topological polar surface area (TPSA) is 39.9 Å². The summed E-state index contributed by atoms with van der Waals surface area (Å²) in [5.74, 6) is 1.78. The zero-order valence-electron chi connectivity index (χ0n) is 16.0. The van der Waals surface area contributed by atoms with Gasteiger partial charge < -0.3 is 4.74 Å².